The van der Waals surface area contributed by atoms with E-state index in [1.54, 1.807) is 0 Å². The number of benzene rings is 1. The van der Waals surface area contributed by atoms with E-state index in [0.717, 1.165) is 0 Å². The lowest BCUT2D eigenvalue weighted by atomic mass is 10.3. The summed E-state index contributed by atoms with van der Waals surface area (Å²) in [5.74, 6) is -1.67. The molecule has 0 saturated carbocycles. The fourth-order valence-corrected chi connectivity index (χ4v) is 1.68. The number of ether oxygens (including phenoxy) is 2. The van der Waals surface area contributed by atoms with Crippen LogP contribution in [0.15, 0.2) is 29.2 Å². The summed E-state index contributed by atoms with van der Waals surface area (Å²) < 4.78 is 31.9. The number of rotatable bonds is 7. The molecule has 1 aromatic carbocycles. The first kappa shape index (κ1) is 15.9. The van der Waals surface area contributed by atoms with E-state index in [-0.39, 0.29) is 10.6 Å². The number of primary amides is 2. The van der Waals surface area contributed by atoms with Crippen molar-refractivity contribution in [3.05, 3.63) is 24.3 Å². The quantitative estimate of drug-likeness (QED) is 0.494. The zero-order chi connectivity index (χ0) is 15.3. The molecule has 1 rings (SSSR count). The molecule has 9 nitrogen and oxygen atoms in total. The Hall–Kier alpha value is -2.17. The molecule has 2 amide bonds. The number of hydrogen-bond donors (Lipinski definition) is 3. The summed E-state index contributed by atoms with van der Waals surface area (Å²) >= 11 is 0. The second kappa shape index (κ2) is 6.32. The van der Waals surface area contributed by atoms with Crippen molar-refractivity contribution in [3.8, 4) is 5.75 Å². The molecule has 1 aromatic rings. The molecule has 0 saturated heterocycles. The summed E-state index contributed by atoms with van der Waals surface area (Å²) in [6.07, 6.45) is -1.53. The van der Waals surface area contributed by atoms with Gasteiger partial charge in [0.25, 0.3) is 12.2 Å². The largest absolute Gasteiger partial charge is 0.455 e. The van der Waals surface area contributed by atoms with E-state index < -0.39 is 34.7 Å². The third-order valence-electron chi connectivity index (χ3n) is 2.00. The lowest BCUT2D eigenvalue weighted by Gasteiger charge is -2.15. The summed E-state index contributed by atoms with van der Waals surface area (Å²) in [6.45, 7) is -0.553. The molecule has 0 aliphatic rings. The molecule has 0 heterocycles. The Morgan fingerprint density at radius 2 is 1.70 bits per heavy atom. The highest BCUT2D eigenvalue weighted by Crippen LogP contribution is 2.16. The molecular weight excluding hydrogens is 290 g/mol. The Balaban J connectivity index is 2.79. The van der Waals surface area contributed by atoms with Gasteiger partial charge in [0.1, 0.15) is 12.4 Å². The van der Waals surface area contributed by atoms with Crippen molar-refractivity contribution in [2.24, 2.45) is 16.6 Å². The summed E-state index contributed by atoms with van der Waals surface area (Å²) in [6, 6.07) is 4.86. The van der Waals surface area contributed by atoms with Crippen molar-refractivity contribution in [2.75, 3.05) is 6.61 Å². The second-order valence-corrected chi connectivity index (χ2v) is 5.21. The van der Waals surface area contributed by atoms with Crippen LogP contribution in [0.25, 0.3) is 0 Å². The molecule has 6 N–H and O–H groups in total. The van der Waals surface area contributed by atoms with Crippen LogP contribution in [0.2, 0.25) is 0 Å². The fourth-order valence-electron chi connectivity index (χ4n) is 1.16. The van der Waals surface area contributed by atoms with Crippen molar-refractivity contribution >= 4 is 21.8 Å². The average molecular weight is 303 g/mol. The minimum atomic E-state index is -3.83. The topological polar surface area (TPSA) is 165 Å². The molecule has 0 radical (unpaired) electrons. The van der Waals surface area contributed by atoms with Crippen molar-refractivity contribution < 1.29 is 27.5 Å². The van der Waals surface area contributed by atoms with Gasteiger partial charge in [-0.3, -0.25) is 9.59 Å². The molecule has 0 aromatic heterocycles. The standard InChI is InChI=1S/C10H13N3O6S/c11-8(14)5-18-10(9(12)15)19-6-1-3-7(4-2-6)20(13,16)17/h1-4,10H,5H2,(H2,11,14)(H2,12,15)(H2,13,16,17). The monoisotopic (exact) mass is 303 g/mol. The zero-order valence-electron chi connectivity index (χ0n) is 10.2. The van der Waals surface area contributed by atoms with Crippen LogP contribution in [0, 0.1) is 0 Å². The third kappa shape index (κ3) is 4.84. The van der Waals surface area contributed by atoms with Crippen LogP contribution in [-0.2, 0) is 24.3 Å². The van der Waals surface area contributed by atoms with Gasteiger partial charge in [-0.2, -0.15) is 0 Å². The number of amides is 2. The third-order valence-corrected chi connectivity index (χ3v) is 2.93. The highest BCUT2D eigenvalue weighted by atomic mass is 32.2. The van der Waals surface area contributed by atoms with Gasteiger partial charge in [-0.1, -0.05) is 0 Å². The molecule has 10 heteroatoms. The zero-order valence-corrected chi connectivity index (χ0v) is 11.0. The highest BCUT2D eigenvalue weighted by molar-refractivity contribution is 7.89. The summed E-state index contributed by atoms with van der Waals surface area (Å²) in [5, 5.41) is 4.92. The average Bonchev–Trinajstić information content (AvgIpc) is 2.33. The summed E-state index contributed by atoms with van der Waals surface area (Å²) in [5.41, 5.74) is 9.86. The van der Waals surface area contributed by atoms with Gasteiger partial charge in [0.15, 0.2) is 0 Å². The Morgan fingerprint density at radius 3 is 2.10 bits per heavy atom. The summed E-state index contributed by atoms with van der Waals surface area (Å²) in [4.78, 5) is 21.5. The first-order chi connectivity index (χ1) is 9.20. The van der Waals surface area contributed by atoms with Gasteiger partial charge < -0.3 is 20.9 Å². The van der Waals surface area contributed by atoms with Crippen LogP contribution >= 0.6 is 0 Å². The van der Waals surface area contributed by atoms with E-state index in [1.165, 1.54) is 24.3 Å². The van der Waals surface area contributed by atoms with Gasteiger partial charge in [0.05, 0.1) is 4.90 Å². The predicted molar refractivity (Wildman–Crippen MR) is 66.6 cm³/mol. The number of primary sulfonamides is 1. The van der Waals surface area contributed by atoms with Gasteiger partial charge in [-0.15, -0.1) is 0 Å². The SMILES string of the molecule is NC(=O)COC(Oc1ccc(S(N)(=O)=O)cc1)C(N)=O. The number of carbonyl (C=O) groups excluding carboxylic acids is 2. The minimum Gasteiger partial charge on any atom is -0.455 e. The molecular formula is C10H13N3O6S. The van der Waals surface area contributed by atoms with Gasteiger partial charge in [0, 0.05) is 0 Å². The first-order valence-corrected chi connectivity index (χ1v) is 6.73. The van der Waals surface area contributed by atoms with E-state index in [1.807, 2.05) is 0 Å². The van der Waals surface area contributed by atoms with E-state index in [4.69, 9.17) is 26.1 Å². The van der Waals surface area contributed by atoms with Gasteiger partial charge in [-0.25, -0.2) is 13.6 Å². The van der Waals surface area contributed by atoms with Gasteiger partial charge in [0.2, 0.25) is 15.9 Å². The molecule has 0 aliphatic carbocycles. The number of hydrogen-bond acceptors (Lipinski definition) is 6. The number of sulfonamides is 1. The number of carbonyl (C=O) groups is 2. The van der Waals surface area contributed by atoms with Gasteiger partial charge in [-0.05, 0) is 24.3 Å². The predicted octanol–water partition coefficient (Wildman–Crippen LogP) is -1.97. The van der Waals surface area contributed by atoms with E-state index in [0.29, 0.717) is 0 Å². The van der Waals surface area contributed by atoms with Crippen LogP contribution in [0.1, 0.15) is 0 Å². The maximum atomic E-state index is 11.0. The molecule has 0 bridgehead atoms. The van der Waals surface area contributed by atoms with Crippen molar-refractivity contribution in [2.45, 2.75) is 11.2 Å². The van der Waals surface area contributed by atoms with Crippen LogP contribution in [-0.4, -0.2) is 33.1 Å². The second-order valence-electron chi connectivity index (χ2n) is 3.65. The molecule has 0 spiro atoms. The van der Waals surface area contributed by atoms with Gasteiger partial charge >= 0.3 is 0 Å². The van der Waals surface area contributed by atoms with E-state index in [9.17, 15) is 18.0 Å². The lowest BCUT2D eigenvalue weighted by Crippen LogP contribution is -2.38. The minimum absolute atomic E-state index is 0.102. The Kier molecular flexibility index (Phi) is 5.02. The molecule has 0 fully saturated rings. The molecule has 0 aliphatic heterocycles. The van der Waals surface area contributed by atoms with Crippen LogP contribution in [0.3, 0.4) is 0 Å². The highest BCUT2D eigenvalue weighted by Gasteiger charge is 2.19. The summed E-state index contributed by atoms with van der Waals surface area (Å²) in [7, 11) is -3.83. The molecule has 1 unspecified atom stereocenters. The Labute approximate surface area is 114 Å². The van der Waals surface area contributed by atoms with Crippen molar-refractivity contribution in [1.29, 1.82) is 0 Å². The fraction of sp³-hybridized carbons (Fsp3) is 0.200. The van der Waals surface area contributed by atoms with E-state index in [2.05, 4.69) is 0 Å². The Morgan fingerprint density at radius 1 is 1.15 bits per heavy atom. The molecule has 1 atom stereocenters. The van der Waals surface area contributed by atoms with Crippen LogP contribution in [0.5, 0.6) is 5.75 Å². The Bertz CT molecular complexity index is 598. The van der Waals surface area contributed by atoms with Crippen LogP contribution in [0.4, 0.5) is 0 Å². The normalized spacial score (nSPS) is 12.7. The van der Waals surface area contributed by atoms with Crippen molar-refractivity contribution in [1.82, 2.24) is 0 Å². The lowest BCUT2D eigenvalue weighted by molar-refractivity contribution is -0.153. The first-order valence-electron chi connectivity index (χ1n) is 5.19. The van der Waals surface area contributed by atoms with Crippen LogP contribution < -0.4 is 21.3 Å². The maximum Gasteiger partial charge on any atom is 0.287 e. The molecule has 110 valence electrons. The maximum absolute atomic E-state index is 11.0. The smallest absolute Gasteiger partial charge is 0.287 e. The van der Waals surface area contributed by atoms with Crippen molar-refractivity contribution in [3.63, 3.8) is 0 Å². The molecule has 20 heavy (non-hydrogen) atoms. The number of nitrogens with two attached hydrogens (primary N) is 3. The van der Waals surface area contributed by atoms with E-state index >= 15 is 0 Å².